The summed E-state index contributed by atoms with van der Waals surface area (Å²) in [7, 11) is 0. The van der Waals surface area contributed by atoms with E-state index in [1.165, 1.54) is 32.1 Å². The van der Waals surface area contributed by atoms with E-state index in [1.807, 2.05) is 6.07 Å². The Labute approximate surface area is 123 Å². The van der Waals surface area contributed by atoms with Crippen LogP contribution in [0.25, 0.3) is 10.1 Å². The third kappa shape index (κ3) is 4.49. The van der Waals surface area contributed by atoms with Crippen molar-refractivity contribution in [2.75, 3.05) is 0 Å². The number of primary amides is 1. The van der Waals surface area contributed by atoms with Gasteiger partial charge in [0.05, 0.1) is 10.1 Å². The monoisotopic (exact) mass is 294 g/mol. The Morgan fingerprint density at radius 2 is 1.75 bits per heavy atom. The van der Waals surface area contributed by atoms with Crippen LogP contribution in [0, 0.1) is 0 Å². The van der Waals surface area contributed by atoms with Gasteiger partial charge in [-0.25, -0.2) is 4.79 Å². The molecule has 5 heteroatoms. The van der Waals surface area contributed by atoms with Crippen LogP contribution in [0.15, 0.2) is 29.1 Å². The number of fused-ring (bicyclic) bond motifs is 1. The summed E-state index contributed by atoms with van der Waals surface area (Å²) < 4.78 is 1.72. The highest BCUT2D eigenvalue weighted by molar-refractivity contribution is 7.14. The van der Waals surface area contributed by atoms with Crippen LogP contribution in [-0.2, 0) is 0 Å². The minimum absolute atomic E-state index is 0.340. The lowest BCUT2D eigenvalue weighted by Gasteiger charge is -1.90. The standard InChI is InChI=1S/C8H6N2O2S.C7H16/c9-8(12)10-7(11)5-3-1-2-4-6(5)13-10;1-3-5-7-6-4-2/h1-4H,(H2,9,12);3-7H2,1-2H3. The van der Waals surface area contributed by atoms with Gasteiger partial charge in [0.15, 0.2) is 0 Å². The quantitative estimate of drug-likeness (QED) is 0.867. The highest BCUT2D eigenvalue weighted by Gasteiger charge is 2.09. The van der Waals surface area contributed by atoms with Gasteiger partial charge in [0.25, 0.3) is 5.56 Å². The number of benzene rings is 1. The fourth-order valence-electron chi connectivity index (χ4n) is 1.79. The molecular formula is C15H22N2O2S. The Bertz CT molecular complexity index is 597. The smallest absolute Gasteiger partial charge is 0.335 e. The Kier molecular flexibility index (Phi) is 7.01. The molecular weight excluding hydrogens is 272 g/mol. The summed E-state index contributed by atoms with van der Waals surface area (Å²) in [6, 6.07) is 6.28. The normalized spacial score (nSPS) is 10.1. The molecule has 0 spiro atoms. The number of aromatic nitrogens is 1. The summed E-state index contributed by atoms with van der Waals surface area (Å²) in [5, 5.41) is 0.534. The first-order valence-corrected chi connectivity index (χ1v) is 7.80. The van der Waals surface area contributed by atoms with Crippen molar-refractivity contribution < 1.29 is 4.79 Å². The highest BCUT2D eigenvalue weighted by Crippen LogP contribution is 2.14. The molecule has 1 heterocycles. The first kappa shape index (κ1) is 16.4. The van der Waals surface area contributed by atoms with Crippen LogP contribution in [0.4, 0.5) is 4.79 Å². The number of carbonyl (C=O) groups excluding carboxylic acids is 1. The van der Waals surface area contributed by atoms with Gasteiger partial charge in [-0.1, -0.05) is 58.1 Å². The maximum atomic E-state index is 11.4. The molecule has 20 heavy (non-hydrogen) atoms. The zero-order valence-electron chi connectivity index (χ0n) is 12.1. The summed E-state index contributed by atoms with van der Waals surface area (Å²) in [5.41, 5.74) is 4.67. The fourth-order valence-corrected chi connectivity index (χ4v) is 2.66. The van der Waals surface area contributed by atoms with Crippen molar-refractivity contribution in [3.8, 4) is 0 Å². The van der Waals surface area contributed by atoms with E-state index in [2.05, 4.69) is 13.8 Å². The van der Waals surface area contributed by atoms with Crippen LogP contribution in [0.1, 0.15) is 46.0 Å². The van der Waals surface area contributed by atoms with E-state index in [1.54, 1.807) is 18.2 Å². The van der Waals surface area contributed by atoms with Gasteiger partial charge < -0.3 is 5.73 Å². The van der Waals surface area contributed by atoms with E-state index in [-0.39, 0.29) is 5.56 Å². The van der Waals surface area contributed by atoms with E-state index in [9.17, 15) is 9.59 Å². The first-order chi connectivity index (χ1) is 9.61. The minimum Gasteiger partial charge on any atom is -0.350 e. The third-order valence-electron chi connectivity index (χ3n) is 2.90. The van der Waals surface area contributed by atoms with Gasteiger partial charge in [0.2, 0.25) is 0 Å². The topological polar surface area (TPSA) is 65.1 Å². The number of hydrogen-bond acceptors (Lipinski definition) is 3. The van der Waals surface area contributed by atoms with Crippen LogP contribution in [0.2, 0.25) is 0 Å². The molecule has 0 saturated carbocycles. The van der Waals surface area contributed by atoms with Crippen molar-refractivity contribution in [3.05, 3.63) is 34.6 Å². The molecule has 0 aliphatic rings. The summed E-state index contributed by atoms with van der Waals surface area (Å²) in [6.07, 6.45) is 7.01. The fraction of sp³-hybridized carbons (Fsp3) is 0.467. The lowest BCUT2D eigenvalue weighted by molar-refractivity contribution is 0.252. The van der Waals surface area contributed by atoms with Gasteiger partial charge in [-0.2, -0.15) is 3.96 Å². The number of nitrogens with zero attached hydrogens (tertiary/aromatic N) is 1. The molecule has 0 atom stereocenters. The third-order valence-corrected chi connectivity index (χ3v) is 3.98. The number of amides is 1. The molecule has 0 radical (unpaired) electrons. The largest absolute Gasteiger partial charge is 0.350 e. The van der Waals surface area contributed by atoms with Crippen LogP contribution in [-0.4, -0.2) is 9.99 Å². The summed E-state index contributed by atoms with van der Waals surface area (Å²) in [5.74, 6) is 0. The Balaban J connectivity index is 0.000000246. The second kappa shape index (κ2) is 8.53. The molecule has 4 nitrogen and oxygen atoms in total. The maximum absolute atomic E-state index is 11.4. The molecule has 1 amide bonds. The second-order valence-electron chi connectivity index (χ2n) is 4.59. The Morgan fingerprint density at radius 1 is 1.15 bits per heavy atom. The molecule has 110 valence electrons. The van der Waals surface area contributed by atoms with Gasteiger partial charge in [-0.15, -0.1) is 0 Å². The van der Waals surface area contributed by atoms with E-state index in [0.717, 1.165) is 20.2 Å². The van der Waals surface area contributed by atoms with Crippen molar-refractivity contribution in [2.45, 2.75) is 46.0 Å². The lowest BCUT2D eigenvalue weighted by atomic mass is 10.2. The Hall–Kier alpha value is -1.62. The zero-order valence-corrected chi connectivity index (χ0v) is 12.9. The first-order valence-electron chi connectivity index (χ1n) is 7.02. The second-order valence-corrected chi connectivity index (χ2v) is 5.57. The Morgan fingerprint density at radius 3 is 2.25 bits per heavy atom. The number of carbonyl (C=O) groups is 1. The summed E-state index contributed by atoms with van der Waals surface area (Å²) in [6.45, 7) is 4.49. The molecule has 0 aliphatic carbocycles. The predicted molar refractivity (Wildman–Crippen MR) is 85.5 cm³/mol. The zero-order chi connectivity index (χ0) is 15.0. The maximum Gasteiger partial charge on any atom is 0.335 e. The van der Waals surface area contributed by atoms with Crippen molar-refractivity contribution in [1.82, 2.24) is 3.96 Å². The van der Waals surface area contributed by atoms with E-state index < -0.39 is 6.03 Å². The number of unbranched alkanes of at least 4 members (excludes halogenated alkanes) is 4. The van der Waals surface area contributed by atoms with E-state index in [0.29, 0.717) is 5.39 Å². The molecule has 0 aliphatic heterocycles. The van der Waals surface area contributed by atoms with Gasteiger partial charge in [0, 0.05) is 0 Å². The molecule has 0 saturated heterocycles. The molecule has 2 N–H and O–H groups in total. The van der Waals surface area contributed by atoms with E-state index >= 15 is 0 Å². The number of hydrogen-bond donors (Lipinski definition) is 1. The van der Waals surface area contributed by atoms with Gasteiger partial charge in [-0.3, -0.25) is 4.79 Å². The minimum atomic E-state index is -0.730. The molecule has 0 fully saturated rings. The molecule has 0 unspecified atom stereocenters. The van der Waals surface area contributed by atoms with Crippen molar-refractivity contribution in [2.24, 2.45) is 5.73 Å². The molecule has 2 rings (SSSR count). The lowest BCUT2D eigenvalue weighted by Crippen LogP contribution is -2.26. The van der Waals surface area contributed by atoms with Crippen LogP contribution in [0.5, 0.6) is 0 Å². The molecule has 1 aromatic carbocycles. The van der Waals surface area contributed by atoms with Crippen LogP contribution < -0.4 is 11.3 Å². The SMILES string of the molecule is CCCCCCC.NC(=O)n1sc2ccccc2c1=O. The molecule has 1 aromatic heterocycles. The molecule has 0 bridgehead atoms. The van der Waals surface area contributed by atoms with Crippen molar-refractivity contribution in [3.63, 3.8) is 0 Å². The molecule has 2 aromatic rings. The van der Waals surface area contributed by atoms with E-state index in [4.69, 9.17) is 5.73 Å². The predicted octanol–water partition coefficient (Wildman–Crippen LogP) is 3.97. The van der Waals surface area contributed by atoms with Crippen LogP contribution >= 0.6 is 11.5 Å². The van der Waals surface area contributed by atoms with Crippen molar-refractivity contribution >= 4 is 27.6 Å². The average molecular weight is 294 g/mol. The average Bonchev–Trinajstić information content (AvgIpc) is 2.78. The number of nitrogens with two attached hydrogens (primary N) is 1. The highest BCUT2D eigenvalue weighted by atomic mass is 32.1. The van der Waals surface area contributed by atoms with Crippen LogP contribution in [0.3, 0.4) is 0 Å². The summed E-state index contributed by atoms with van der Waals surface area (Å²) in [4.78, 5) is 22.2. The van der Waals surface area contributed by atoms with Crippen molar-refractivity contribution in [1.29, 1.82) is 0 Å². The van der Waals surface area contributed by atoms with Gasteiger partial charge >= 0.3 is 6.03 Å². The van der Waals surface area contributed by atoms with Gasteiger partial charge in [0.1, 0.15) is 0 Å². The summed E-state index contributed by atoms with van der Waals surface area (Å²) >= 11 is 1.06. The van der Waals surface area contributed by atoms with Gasteiger partial charge in [-0.05, 0) is 23.7 Å². The number of rotatable bonds is 4.